The number of carbonyl (C=O) groups excluding carboxylic acids is 1. The first-order valence-electron chi connectivity index (χ1n) is 8.78. The maximum atomic E-state index is 12.2. The molecule has 1 saturated heterocycles. The molecule has 0 bridgehead atoms. The van der Waals surface area contributed by atoms with E-state index in [1.807, 2.05) is 4.90 Å². The van der Waals surface area contributed by atoms with E-state index in [1.54, 1.807) is 7.05 Å². The molecule has 0 saturated carbocycles. The summed E-state index contributed by atoms with van der Waals surface area (Å²) in [5.41, 5.74) is 0. The maximum Gasteiger partial charge on any atom is 0.224 e. The summed E-state index contributed by atoms with van der Waals surface area (Å²) in [6, 6.07) is 0.398. The molecule has 0 aliphatic carbocycles. The summed E-state index contributed by atoms with van der Waals surface area (Å²) in [7, 11) is 1.77. The minimum Gasteiger partial charge on any atom is -0.356 e. The van der Waals surface area contributed by atoms with E-state index in [0.29, 0.717) is 19.0 Å². The van der Waals surface area contributed by atoms with E-state index < -0.39 is 0 Å². The van der Waals surface area contributed by atoms with Crippen molar-refractivity contribution in [1.82, 2.24) is 15.5 Å². The van der Waals surface area contributed by atoms with Crippen molar-refractivity contribution in [3.63, 3.8) is 0 Å². The fourth-order valence-electron chi connectivity index (χ4n) is 2.84. The lowest BCUT2D eigenvalue weighted by Crippen LogP contribution is -2.44. The largest absolute Gasteiger partial charge is 0.356 e. The van der Waals surface area contributed by atoms with Gasteiger partial charge in [0, 0.05) is 39.1 Å². The van der Waals surface area contributed by atoms with Crippen molar-refractivity contribution in [1.29, 1.82) is 0 Å². The first kappa shape index (κ1) is 18.8. The molecule has 128 valence electrons. The fourth-order valence-corrected chi connectivity index (χ4v) is 2.84. The summed E-state index contributed by atoms with van der Waals surface area (Å²) < 4.78 is 0. The van der Waals surface area contributed by atoms with Crippen molar-refractivity contribution < 1.29 is 4.79 Å². The van der Waals surface area contributed by atoms with Crippen LogP contribution < -0.4 is 10.6 Å². The molecule has 5 nitrogen and oxygen atoms in total. The van der Waals surface area contributed by atoms with E-state index in [4.69, 9.17) is 0 Å². The molecule has 1 atom stereocenters. The number of nitrogens with one attached hydrogen (secondary N) is 2. The minimum atomic E-state index is 0.259. The molecule has 0 aromatic rings. The Morgan fingerprint density at radius 1 is 1.27 bits per heavy atom. The Labute approximate surface area is 135 Å². The van der Waals surface area contributed by atoms with Gasteiger partial charge in [0.25, 0.3) is 0 Å². The molecule has 1 rings (SSSR count). The van der Waals surface area contributed by atoms with Crippen molar-refractivity contribution in [3.05, 3.63) is 0 Å². The van der Waals surface area contributed by atoms with E-state index in [2.05, 4.69) is 36.4 Å². The number of guanidine groups is 1. The molecule has 0 aromatic carbocycles. The molecule has 5 heteroatoms. The number of hydrogen-bond donors (Lipinski definition) is 2. The minimum absolute atomic E-state index is 0.259. The van der Waals surface area contributed by atoms with Gasteiger partial charge < -0.3 is 15.5 Å². The van der Waals surface area contributed by atoms with Gasteiger partial charge in [0.15, 0.2) is 5.96 Å². The lowest BCUT2D eigenvalue weighted by molar-refractivity contribution is -0.134. The van der Waals surface area contributed by atoms with E-state index in [9.17, 15) is 4.79 Å². The monoisotopic (exact) mass is 310 g/mol. The highest BCUT2D eigenvalue weighted by molar-refractivity contribution is 5.81. The van der Waals surface area contributed by atoms with Crippen molar-refractivity contribution in [2.45, 2.75) is 65.3 Å². The van der Waals surface area contributed by atoms with Gasteiger partial charge in [-0.2, -0.15) is 0 Å². The quantitative estimate of drug-likeness (QED) is 0.431. The zero-order chi connectivity index (χ0) is 16.4. The zero-order valence-electron chi connectivity index (χ0n) is 14.8. The Morgan fingerprint density at radius 3 is 2.64 bits per heavy atom. The highest BCUT2D eigenvalue weighted by Gasteiger charge is 2.22. The van der Waals surface area contributed by atoms with E-state index >= 15 is 0 Å². The highest BCUT2D eigenvalue weighted by atomic mass is 16.2. The number of nitrogens with zero attached hydrogens (tertiary/aromatic N) is 2. The molecule has 1 heterocycles. The third kappa shape index (κ3) is 7.14. The lowest BCUT2D eigenvalue weighted by atomic mass is 10.0. The summed E-state index contributed by atoms with van der Waals surface area (Å²) in [5, 5.41) is 6.53. The van der Waals surface area contributed by atoms with Gasteiger partial charge in [0.05, 0.1) is 0 Å². The van der Waals surface area contributed by atoms with Crippen LogP contribution in [0.4, 0.5) is 0 Å². The molecule has 1 amide bonds. The standard InChI is InChI=1S/C17H34N4O/c1-14(2)8-7-11-19-17(18-4)20-12-10-16(22)21-13-6-5-9-15(21)3/h14-15H,5-13H2,1-4H3,(H2,18,19,20). The van der Waals surface area contributed by atoms with Gasteiger partial charge in [-0.25, -0.2) is 0 Å². The van der Waals surface area contributed by atoms with Gasteiger partial charge in [0.2, 0.25) is 5.91 Å². The smallest absolute Gasteiger partial charge is 0.224 e. The van der Waals surface area contributed by atoms with Crippen molar-refractivity contribution in [2.75, 3.05) is 26.7 Å². The highest BCUT2D eigenvalue weighted by Crippen LogP contribution is 2.16. The summed E-state index contributed by atoms with van der Waals surface area (Å²) >= 11 is 0. The molecular weight excluding hydrogens is 276 g/mol. The van der Waals surface area contributed by atoms with Crippen LogP contribution in [0.5, 0.6) is 0 Å². The van der Waals surface area contributed by atoms with Crippen LogP contribution in [0.25, 0.3) is 0 Å². The van der Waals surface area contributed by atoms with Gasteiger partial charge in [-0.1, -0.05) is 13.8 Å². The Hall–Kier alpha value is -1.26. The van der Waals surface area contributed by atoms with E-state index in [1.165, 1.54) is 12.8 Å². The second-order valence-corrected chi connectivity index (χ2v) is 6.64. The van der Waals surface area contributed by atoms with Gasteiger partial charge >= 0.3 is 0 Å². The molecule has 1 aliphatic rings. The van der Waals surface area contributed by atoms with Gasteiger partial charge in [-0.3, -0.25) is 9.79 Å². The summed E-state index contributed by atoms with van der Waals surface area (Å²) in [5.74, 6) is 1.79. The van der Waals surface area contributed by atoms with Crippen LogP contribution in [-0.2, 0) is 4.79 Å². The third-order valence-electron chi connectivity index (χ3n) is 4.23. The van der Waals surface area contributed by atoms with Crippen molar-refractivity contribution in [2.24, 2.45) is 10.9 Å². The lowest BCUT2D eigenvalue weighted by Gasteiger charge is -2.33. The topological polar surface area (TPSA) is 56.7 Å². The second kappa shape index (κ2) is 10.5. The zero-order valence-corrected chi connectivity index (χ0v) is 14.8. The van der Waals surface area contributed by atoms with Crippen LogP contribution >= 0.6 is 0 Å². The number of piperidine rings is 1. The van der Waals surface area contributed by atoms with Crippen LogP contribution in [0, 0.1) is 5.92 Å². The Morgan fingerprint density at radius 2 is 2.00 bits per heavy atom. The average molecular weight is 310 g/mol. The number of likely N-dealkylation sites (tertiary alicyclic amines) is 1. The third-order valence-corrected chi connectivity index (χ3v) is 4.23. The second-order valence-electron chi connectivity index (χ2n) is 6.64. The predicted octanol–water partition coefficient (Wildman–Crippen LogP) is 2.38. The predicted molar refractivity (Wildman–Crippen MR) is 93.1 cm³/mol. The molecular formula is C17H34N4O. The number of carbonyl (C=O) groups is 1. The fraction of sp³-hybridized carbons (Fsp3) is 0.882. The normalized spacial score (nSPS) is 19.4. The van der Waals surface area contributed by atoms with Crippen LogP contribution in [0.3, 0.4) is 0 Å². The SMILES string of the molecule is CN=C(NCCCC(C)C)NCCC(=O)N1CCCCC1C. The molecule has 0 radical (unpaired) electrons. The Balaban J connectivity index is 2.19. The van der Waals surface area contributed by atoms with E-state index in [-0.39, 0.29) is 5.91 Å². The number of amides is 1. The summed E-state index contributed by atoms with van der Waals surface area (Å²) in [4.78, 5) is 18.5. The summed E-state index contributed by atoms with van der Waals surface area (Å²) in [6.45, 7) is 9.11. The van der Waals surface area contributed by atoms with Gasteiger partial charge in [-0.05, 0) is 44.9 Å². The molecule has 1 unspecified atom stereocenters. The summed E-state index contributed by atoms with van der Waals surface area (Å²) in [6.07, 6.45) is 6.42. The van der Waals surface area contributed by atoms with Gasteiger partial charge in [-0.15, -0.1) is 0 Å². The molecule has 0 aromatic heterocycles. The Bertz CT molecular complexity index is 355. The first-order chi connectivity index (χ1) is 10.5. The van der Waals surface area contributed by atoms with Crippen molar-refractivity contribution >= 4 is 11.9 Å². The first-order valence-corrected chi connectivity index (χ1v) is 8.78. The van der Waals surface area contributed by atoms with Crippen molar-refractivity contribution in [3.8, 4) is 0 Å². The number of hydrogen-bond acceptors (Lipinski definition) is 2. The van der Waals surface area contributed by atoms with Crippen LogP contribution in [-0.4, -0.2) is 49.5 Å². The molecule has 1 aliphatic heterocycles. The van der Waals surface area contributed by atoms with Crippen LogP contribution in [0.2, 0.25) is 0 Å². The van der Waals surface area contributed by atoms with Crippen LogP contribution in [0.1, 0.15) is 59.3 Å². The number of aliphatic imine (C=N–C) groups is 1. The molecule has 0 spiro atoms. The van der Waals surface area contributed by atoms with Crippen LogP contribution in [0.15, 0.2) is 4.99 Å². The molecule has 1 fully saturated rings. The molecule has 2 N–H and O–H groups in total. The van der Waals surface area contributed by atoms with E-state index in [0.717, 1.165) is 44.2 Å². The maximum absolute atomic E-state index is 12.2. The Kier molecular flexibility index (Phi) is 8.94. The number of rotatable bonds is 7. The molecule has 22 heavy (non-hydrogen) atoms. The average Bonchev–Trinajstić information content (AvgIpc) is 2.49. The van der Waals surface area contributed by atoms with Gasteiger partial charge in [0.1, 0.15) is 0 Å².